The zero-order valence-electron chi connectivity index (χ0n) is 14.5. The first-order chi connectivity index (χ1) is 12.9. The van der Waals surface area contributed by atoms with Crippen molar-refractivity contribution in [1.29, 1.82) is 0 Å². The number of benzene rings is 2. The average molecular weight is 452 g/mol. The summed E-state index contributed by atoms with van der Waals surface area (Å²) in [6.07, 6.45) is 0. The molecule has 0 unspecified atom stereocenters. The van der Waals surface area contributed by atoms with Crippen LogP contribution in [0.3, 0.4) is 0 Å². The van der Waals surface area contributed by atoms with E-state index in [0.717, 1.165) is 5.56 Å². The van der Waals surface area contributed by atoms with Crippen molar-refractivity contribution >= 4 is 54.2 Å². The second-order valence-corrected chi connectivity index (χ2v) is 7.52. The number of thiophene rings is 1. The molecule has 2 aromatic carbocycles. The van der Waals surface area contributed by atoms with Gasteiger partial charge in [0, 0.05) is 12.3 Å². The number of carbonyl (C=O) groups excluding carboxylic acids is 2. The zero-order valence-corrected chi connectivity index (χ0v) is 16.9. The number of nitrogens with one attached hydrogen (secondary N) is 1. The molecule has 1 heterocycles. The molecule has 3 rings (SSSR count). The third-order valence-electron chi connectivity index (χ3n) is 3.74. The maximum absolute atomic E-state index is 13.1. The Labute approximate surface area is 167 Å². The molecular weight excluding hydrogens is 437 g/mol. The highest BCUT2D eigenvalue weighted by Crippen LogP contribution is 2.44. The van der Waals surface area contributed by atoms with Crippen molar-refractivity contribution in [3.8, 4) is 5.75 Å². The third-order valence-corrected chi connectivity index (χ3v) is 5.48. The normalized spacial score (nSPS) is 10.7. The van der Waals surface area contributed by atoms with Crippen molar-refractivity contribution in [2.75, 3.05) is 12.4 Å². The van der Waals surface area contributed by atoms with E-state index >= 15 is 0 Å². The van der Waals surface area contributed by atoms with Crippen molar-refractivity contribution in [2.24, 2.45) is 0 Å². The summed E-state index contributed by atoms with van der Waals surface area (Å²) in [7, 11) is 1.29. The zero-order chi connectivity index (χ0) is 19.6. The molecule has 1 aromatic heterocycles. The van der Waals surface area contributed by atoms with Crippen molar-refractivity contribution in [3.05, 3.63) is 57.8 Å². The van der Waals surface area contributed by atoms with Gasteiger partial charge in [0.05, 0.1) is 16.3 Å². The number of amides is 1. The number of methoxy groups -OCH3 is 1. The lowest BCUT2D eigenvalue weighted by molar-refractivity contribution is -0.114. The highest BCUT2D eigenvalue weighted by atomic mass is 79.9. The second-order valence-electron chi connectivity index (χ2n) is 5.65. The molecule has 0 atom stereocenters. The van der Waals surface area contributed by atoms with Gasteiger partial charge in [-0.1, -0.05) is 18.2 Å². The van der Waals surface area contributed by atoms with Gasteiger partial charge in [-0.25, -0.2) is 9.18 Å². The van der Waals surface area contributed by atoms with Crippen molar-refractivity contribution < 1.29 is 23.5 Å². The van der Waals surface area contributed by atoms with Crippen LogP contribution >= 0.6 is 27.3 Å². The quantitative estimate of drug-likeness (QED) is 0.546. The van der Waals surface area contributed by atoms with E-state index < -0.39 is 5.97 Å². The molecule has 0 saturated heterocycles. The van der Waals surface area contributed by atoms with E-state index in [0.29, 0.717) is 25.3 Å². The second kappa shape index (κ2) is 8.06. The molecule has 1 N–H and O–H groups in total. The number of carbonyl (C=O) groups is 2. The predicted molar refractivity (Wildman–Crippen MR) is 106 cm³/mol. The van der Waals surface area contributed by atoms with Gasteiger partial charge in [-0.15, -0.1) is 11.3 Å². The van der Waals surface area contributed by atoms with E-state index in [4.69, 9.17) is 9.47 Å². The molecule has 0 saturated carbocycles. The Morgan fingerprint density at radius 3 is 2.52 bits per heavy atom. The van der Waals surface area contributed by atoms with Gasteiger partial charge in [0.15, 0.2) is 5.75 Å². The molecule has 0 aliphatic rings. The van der Waals surface area contributed by atoms with Crippen LogP contribution in [0.15, 0.2) is 40.9 Å². The van der Waals surface area contributed by atoms with E-state index in [1.807, 2.05) is 0 Å². The minimum atomic E-state index is -0.545. The monoisotopic (exact) mass is 451 g/mol. The van der Waals surface area contributed by atoms with E-state index in [1.54, 1.807) is 24.3 Å². The molecule has 0 spiro atoms. The number of anilines is 1. The number of rotatable bonds is 5. The fraction of sp³-hybridized carbons (Fsp3) is 0.158. The van der Waals surface area contributed by atoms with Gasteiger partial charge >= 0.3 is 5.97 Å². The minimum absolute atomic E-state index is 0.221. The molecular formula is C19H15BrFNO4S. The standard InChI is InChI=1S/C19H15BrFNO4S/c1-10(23)22-18-15(19(24)25-2)13-7-8-14(20)16(17(13)27-18)26-9-11-3-5-12(21)6-4-11/h3-8H,9H2,1-2H3,(H,22,23). The topological polar surface area (TPSA) is 64.6 Å². The molecule has 8 heteroatoms. The summed E-state index contributed by atoms with van der Waals surface area (Å²) in [5.74, 6) is -0.622. The molecule has 0 aliphatic heterocycles. The summed E-state index contributed by atoms with van der Waals surface area (Å²) in [4.78, 5) is 23.8. The maximum atomic E-state index is 13.1. The summed E-state index contributed by atoms with van der Waals surface area (Å²) in [5, 5.41) is 3.69. The first-order valence-corrected chi connectivity index (χ1v) is 9.49. The van der Waals surface area contributed by atoms with Crippen LogP contribution < -0.4 is 10.1 Å². The van der Waals surface area contributed by atoms with Crippen LogP contribution in [-0.2, 0) is 16.1 Å². The first-order valence-electron chi connectivity index (χ1n) is 7.89. The van der Waals surface area contributed by atoms with E-state index in [1.165, 1.54) is 37.5 Å². The summed E-state index contributed by atoms with van der Waals surface area (Å²) >= 11 is 4.69. The van der Waals surface area contributed by atoms with Crippen LogP contribution in [-0.4, -0.2) is 19.0 Å². The predicted octanol–water partition coefficient (Wildman–Crippen LogP) is 5.13. The number of hydrogen-bond donors (Lipinski definition) is 1. The van der Waals surface area contributed by atoms with E-state index in [2.05, 4.69) is 21.2 Å². The molecule has 3 aromatic rings. The highest BCUT2D eigenvalue weighted by Gasteiger charge is 2.23. The minimum Gasteiger partial charge on any atom is -0.486 e. The summed E-state index contributed by atoms with van der Waals surface area (Å²) in [5.41, 5.74) is 1.08. The Morgan fingerprint density at radius 1 is 1.19 bits per heavy atom. The molecule has 140 valence electrons. The van der Waals surface area contributed by atoms with Crippen LogP contribution in [0.25, 0.3) is 10.1 Å². The SMILES string of the molecule is COC(=O)c1c(NC(C)=O)sc2c(OCc3ccc(F)cc3)c(Br)ccc12. The van der Waals surface area contributed by atoms with Crippen LogP contribution in [0.5, 0.6) is 5.75 Å². The Bertz CT molecular complexity index is 1020. The summed E-state index contributed by atoms with van der Waals surface area (Å²) in [6.45, 7) is 1.59. The van der Waals surface area contributed by atoms with Gasteiger partial charge in [-0.05, 0) is 39.7 Å². The molecule has 0 aliphatic carbocycles. The van der Waals surface area contributed by atoms with Gasteiger partial charge in [0.2, 0.25) is 5.91 Å². The summed E-state index contributed by atoms with van der Waals surface area (Å²) < 4.78 is 25.2. The number of ether oxygens (including phenoxy) is 2. The lowest BCUT2D eigenvalue weighted by Crippen LogP contribution is -2.09. The fourth-order valence-corrected chi connectivity index (χ4v) is 4.35. The van der Waals surface area contributed by atoms with Crippen LogP contribution in [0.4, 0.5) is 9.39 Å². The number of halogens is 2. The van der Waals surface area contributed by atoms with Gasteiger partial charge in [-0.3, -0.25) is 4.79 Å². The van der Waals surface area contributed by atoms with Gasteiger partial charge < -0.3 is 14.8 Å². The summed E-state index contributed by atoms with van der Waals surface area (Å²) in [6, 6.07) is 9.53. The maximum Gasteiger partial charge on any atom is 0.341 e. The fourth-order valence-electron chi connectivity index (χ4n) is 2.54. The Hall–Kier alpha value is -2.45. The van der Waals surface area contributed by atoms with Gasteiger partial charge in [-0.2, -0.15) is 0 Å². The lowest BCUT2D eigenvalue weighted by atomic mass is 10.1. The van der Waals surface area contributed by atoms with Crippen molar-refractivity contribution in [1.82, 2.24) is 0 Å². The largest absolute Gasteiger partial charge is 0.486 e. The third kappa shape index (κ3) is 4.12. The van der Waals surface area contributed by atoms with Crippen LogP contribution in [0.2, 0.25) is 0 Å². The number of fused-ring (bicyclic) bond motifs is 1. The Kier molecular flexibility index (Phi) is 5.76. The van der Waals surface area contributed by atoms with Crippen molar-refractivity contribution in [2.45, 2.75) is 13.5 Å². The van der Waals surface area contributed by atoms with Crippen LogP contribution in [0, 0.1) is 5.82 Å². The van der Waals surface area contributed by atoms with Crippen molar-refractivity contribution in [3.63, 3.8) is 0 Å². The van der Waals surface area contributed by atoms with E-state index in [9.17, 15) is 14.0 Å². The Morgan fingerprint density at radius 2 is 1.89 bits per heavy atom. The van der Waals surface area contributed by atoms with Gasteiger partial charge in [0.1, 0.15) is 23.0 Å². The Balaban J connectivity index is 2.05. The highest BCUT2D eigenvalue weighted by molar-refractivity contribution is 9.10. The smallest absolute Gasteiger partial charge is 0.341 e. The number of hydrogen-bond acceptors (Lipinski definition) is 5. The molecule has 0 radical (unpaired) electrons. The average Bonchev–Trinajstić information content (AvgIpc) is 2.99. The van der Waals surface area contributed by atoms with Crippen LogP contribution in [0.1, 0.15) is 22.8 Å². The molecule has 27 heavy (non-hydrogen) atoms. The molecule has 5 nitrogen and oxygen atoms in total. The van der Waals surface area contributed by atoms with E-state index in [-0.39, 0.29) is 23.9 Å². The molecule has 0 bridgehead atoms. The molecule has 1 amide bonds. The lowest BCUT2D eigenvalue weighted by Gasteiger charge is -2.10. The molecule has 0 fully saturated rings. The first kappa shape index (κ1) is 19.3. The van der Waals surface area contributed by atoms with Gasteiger partial charge in [0.25, 0.3) is 0 Å². The number of esters is 1.